The fourth-order valence-corrected chi connectivity index (χ4v) is 2.72. The van der Waals surface area contributed by atoms with Crippen LogP contribution in [0.25, 0.3) is 11.0 Å². The molecule has 3 nitrogen and oxygen atoms in total. The van der Waals surface area contributed by atoms with Crippen LogP contribution in [-0.2, 0) is 0 Å². The van der Waals surface area contributed by atoms with E-state index in [9.17, 15) is 9.90 Å². The van der Waals surface area contributed by atoms with E-state index in [1.807, 2.05) is 0 Å². The fraction of sp³-hybridized carbons (Fsp3) is 0.357. The molecule has 1 aliphatic rings. The lowest BCUT2D eigenvalue weighted by atomic mass is 9.95. The summed E-state index contributed by atoms with van der Waals surface area (Å²) in [6.45, 7) is 0. The van der Waals surface area contributed by atoms with Crippen molar-refractivity contribution in [3.05, 3.63) is 35.0 Å². The molecule has 1 N–H and O–H groups in total. The summed E-state index contributed by atoms with van der Waals surface area (Å²) in [5.41, 5.74) is -0.623. The van der Waals surface area contributed by atoms with Crippen molar-refractivity contribution in [3.8, 4) is 0 Å². The van der Waals surface area contributed by atoms with E-state index in [0.29, 0.717) is 23.4 Å². The standard InChI is InChI=1S/C14H13ClO3/c15-10-3-4-11-9(7-10)8-12(18-11)13(16)14(17)5-1-2-6-14/h3-4,7-8,17H,1-2,5-6H2. The Morgan fingerprint density at radius 1 is 1.28 bits per heavy atom. The van der Waals surface area contributed by atoms with Gasteiger partial charge >= 0.3 is 0 Å². The van der Waals surface area contributed by atoms with E-state index >= 15 is 0 Å². The van der Waals surface area contributed by atoms with Gasteiger partial charge < -0.3 is 9.52 Å². The minimum atomic E-state index is -1.24. The normalized spacial score (nSPS) is 18.3. The summed E-state index contributed by atoms with van der Waals surface area (Å²) in [6.07, 6.45) is 2.80. The highest BCUT2D eigenvalue weighted by Gasteiger charge is 2.40. The number of hydrogen-bond donors (Lipinski definition) is 1. The van der Waals surface area contributed by atoms with Gasteiger partial charge in [0.1, 0.15) is 11.2 Å². The van der Waals surface area contributed by atoms with Gasteiger partial charge in [0.05, 0.1) is 0 Å². The van der Waals surface area contributed by atoms with Crippen LogP contribution in [0.4, 0.5) is 0 Å². The highest BCUT2D eigenvalue weighted by Crippen LogP contribution is 2.34. The molecule has 0 bridgehead atoms. The van der Waals surface area contributed by atoms with Crippen LogP contribution in [0.15, 0.2) is 28.7 Å². The maximum atomic E-state index is 12.2. The Labute approximate surface area is 109 Å². The summed E-state index contributed by atoms with van der Waals surface area (Å²) >= 11 is 5.89. The van der Waals surface area contributed by atoms with Crippen LogP contribution in [0.1, 0.15) is 36.2 Å². The fourth-order valence-electron chi connectivity index (χ4n) is 2.54. The molecule has 3 rings (SSSR count). The summed E-state index contributed by atoms with van der Waals surface area (Å²) in [4.78, 5) is 12.2. The minimum absolute atomic E-state index is 0.219. The number of Topliss-reactive ketones (excluding diaryl/α,β-unsaturated/α-hetero) is 1. The lowest BCUT2D eigenvalue weighted by Crippen LogP contribution is -2.34. The van der Waals surface area contributed by atoms with Crippen molar-refractivity contribution in [1.82, 2.24) is 0 Å². The molecule has 0 radical (unpaired) electrons. The number of hydrogen-bond acceptors (Lipinski definition) is 3. The average molecular weight is 265 g/mol. The predicted octanol–water partition coefficient (Wildman–Crippen LogP) is 3.57. The Morgan fingerprint density at radius 2 is 2.00 bits per heavy atom. The summed E-state index contributed by atoms with van der Waals surface area (Å²) in [6, 6.07) is 6.84. The third kappa shape index (κ3) is 1.84. The first-order chi connectivity index (χ1) is 8.58. The number of furan rings is 1. The van der Waals surface area contributed by atoms with E-state index in [0.717, 1.165) is 18.2 Å². The highest BCUT2D eigenvalue weighted by molar-refractivity contribution is 6.31. The second-order valence-corrected chi connectivity index (χ2v) is 5.30. The number of benzene rings is 1. The molecule has 4 heteroatoms. The van der Waals surface area contributed by atoms with E-state index in [1.54, 1.807) is 24.3 Å². The molecule has 2 aromatic rings. The average Bonchev–Trinajstić information content (AvgIpc) is 2.94. The number of carbonyl (C=O) groups excluding carboxylic acids is 1. The number of carbonyl (C=O) groups is 1. The molecule has 1 aromatic heterocycles. The Hall–Kier alpha value is -1.32. The van der Waals surface area contributed by atoms with Gasteiger partial charge in [-0.1, -0.05) is 11.6 Å². The van der Waals surface area contributed by atoms with Gasteiger partial charge in [0.2, 0.25) is 5.78 Å². The molecular formula is C14H13ClO3. The van der Waals surface area contributed by atoms with Gasteiger partial charge in [-0.3, -0.25) is 4.79 Å². The highest BCUT2D eigenvalue weighted by atomic mass is 35.5. The second-order valence-electron chi connectivity index (χ2n) is 4.86. The van der Waals surface area contributed by atoms with E-state index in [2.05, 4.69) is 0 Å². The van der Waals surface area contributed by atoms with Crippen molar-refractivity contribution in [2.75, 3.05) is 0 Å². The molecule has 1 heterocycles. The van der Waals surface area contributed by atoms with Crippen molar-refractivity contribution >= 4 is 28.4 Å². The van der Waals surface area contributed by atoms with Gasteiger partial charge in [-0.05, 0) is 49.9 Å². The zero-order valence-electron chi connectivity index (χ0n) is 9.78. The molecule has 0 aliphatic heterocycles. The number of fused-ring (bicyclic) bond motifs is 1. The van der Waals surface area contributed by atoms with Crippen molar-refractivity contribution in [2.24, 2.45) is 0 Å². The smallest absolute Gasteiger partial charge is 0.229 e. The van der Waals surface area contributed by atoms with Crippen molar-refractivity contribution in [2.45, 2.75) is 31.3 Å². The van der Waals surface area contributed by atoms with Gasteiger partial charge in [-0.15, -0.1) is 0 Å². The summed E-state index contributed by atoms with van der Waals surface area (Å²) in [7, 11) is 0. The lowest BCUT2D eigenvalue weighted by Gasteiger charge is -2.18. The largest absolute Gasteiger partial charge is 0.453 e. The van der Waals surface area contributed by atoms with Crippen LogP contribution in [0.5, 0.6) is 0 Å². The van der Waals surface area contributed by atoms with Crippen LogP contribution >= 0.6 is 11.6 Å². The molecule has 0 saturated heterocycles. The van der Waals surface area contributed by atoms with E-state index in [4.69, 9.17) is 16.0 Å². The molecule has 0 atom stereocenters. The van der Waals surface area contributed by atoms with Gasteiger partial charge in [0.15, 0.2) is 5.76 Å². The molecular weight excluding hydrogens is 252 g/mol. The summed E-state index contributed by atoms with van der Waals surface area (Å²) in [5, 5.41) is 11.6. The number of halogens is 1. The van der Waals surface area contributed by atoms with Gasteiger partial charge in [-0.2, -0.15) is 0 Å². The predicted molar refractivity (Wildman–Crippen MR) is 69.0 cm³/mol. The van der Waals surface area contributed by atoms with Crippen molar-refractivity contribution in [1.29, 1.82) is 0 Å². The molecule has 0 unspecified atom stereocenters. The molecule has 1 saturated carbocycles. The second kappa shape index (κ2) is 4.11. The van der Waals surface area contributed by atoms with Crippen LogP contribution in [0.3, 0.4) is 0 Å². The third-order valence-corrected chi connectivity index (χ3v) is 3.79. The molecule has 0 spiro atoms. The molecule has 1 aliphatic carbocycles. The first-order valence-corrected chi connectivity index (χ1v) is 6.43. The Balaban J connectivity index is 2.01. The SMILES string of the molecule is O=C(c1cc2cc(Cl)ccc2o1)C1(O)CCCC1. The summed E-state index contributed by atoms with van der Waals surface area (Å²) in [5.74, 6) is -0.0935. The van der Waals surface area contributed by atoms with Crippen LogP contribution < -0.4 is 0 Å². The number of ketones is 1. The Bertz CT molecular complexity index is 609. The van der Waals surface area contributed by atoms with E-state index in [-0.39, 0.29) is 11.5 Å². The van der Waals surface area contributed by atoms with Crippen molar-refractivity contribution in [3.63, 3.8) is 0 Å². The molecule has 1 fully saturated rings. The van der Waals surface area contributed by atoms with Crippen LogP contribution in [0.2, 0.25) is 5.02 Å². The third-order valence-electron chi connectivity index (χ3n) is 3.56. The van der Waals surface area contributed by atoms with Gasteiger partial charge in [-0.25, -0.2) is 0 Å². The minimum Gasteiger partial charge on any atom is -0.453 e. The Morgan fingerprint density at radius 3 is 2.72 bits per heavy atom. The van der Waals surface area contributed by atoms with Gasteiger partial charge in [0, 0.05) is 10.4 Å². The summed E-state index contributed by atoms with van der Waals surface area (Å²) < 4.78 is 5.49. The van der Waals surface area contributed by atoms with Crippen molar-refractivity contribution < 1.29 is 14.3 Å². The van der Waals surface area contributed by atoms with Crippen LogP contribution in [0, 0.1) is 0 Å². The maximum Gasteiger partial charge on any atom is 0.229 e. The molecule has 0 amide bonds. The zero-order chi connectivity index (χ0) is 12.8. The molecule has 1 aromatic carbocycles. The topological polar surface area (TPSA) is 50.4 Å². The maximum absolute atomic E-state index is 12.2. The number of aliphatic hydroxyl groups is 1. The molecule has 18 heavy (non-hydrogen) atoms. The lowest BCUT2D eigenvalue weighted by molar-refractivity contribution is 0.0328. The zero-order valence-corrected chi connectivity index (χ0v) is 10.5. The Kier molecular flexibility index (Phi) is 2.68. The molecule has 94 valence electrons. The quantitative estimate of drug-likeness (QED) is 0.844. The van der Waals surface area contributed by atoms with E-state index < -0.39 is 5.60 Å². The van der Waals surface area contributed by atoms with Gasteiger partial charge in [0.25, 0.3) is 0 Å². The van der Waals surface area contributed by atoms with Crippen LogP contribution in [-0.4, -0.2) is 16.5 Å². The monoisotopic (exact) mass is 264 g/mol. The van der Waals surface area contributed by atoms with E-state index in [1.165, 1.54) is 0 Å². The first kappa shape index (κ1) is 11.8. The number of rotatable bonds is 2. The first-order valence-electron chi connectivity index (χ1n) is 6.05.